The van der Waals surface area contributed by atoms with Crippen molar-refractivity contribution in [3.8, 4) is 0 Å². The van der Waals surface area contributed by atoms with Crippen LogP contribution in [0.1, 0.15) is 63.5 Å². The average Bonchev–Trinajstić information content (AvgIpc) is 3.65. The highest BCUT2D eigenvalue weighted by atomic mass is 35.5. The second kappa shape index (κ2) is 11.6. The monoisotopic (exact) mass is 594 g/mol. The van der Waals surface area contributed by atoms with Crippen LogP contribution in [-0.2, 0) is 0 Å². The first kappa shape index (κ1) is 28.8. The van der Waals surface area contributed by atoms with Crippen LogP contribution in [0.15, 0.2) is 49.2 Å². The Morgan fingerprint density at radius 2 is 1.51 bits per heavy atom. The first-order chi connectivity index (χ1) is 19.5. The van der Waals surface area contributed by atoms with Gasteiger partial charge in [-0.25, -0.2) is 22.4 Å². The van der Waals surface area contributed by atoms with Crippen molar-refractivity contribution in [2.24, 2.45) is 0 Å². The number of nitrogens with zero attached hydrogens (tertiary/aromatic N) is 4. The standard InChI is InChI=1S/C18H18ClF2N5O.C9H13F2N3/c19-11-1-2-15-14(7-11)16(9-22-15)25-17(27)24-12-8-23-26(10-12)13-3-5-18(20,21)6-4-13;10-9(11)3-1-8(2-4-9)14-6-7(12)5-13-14/h1-2,7-10,13,22H,3-6H2,(H2,24,25,27);5-6,8H,1-4,12H2. The number of carbonyl (C=O) groups is 1. The number of nitrogens with two attached hydrogens (primary N) is 1. The third-order valence-corrected chi connectivity index (χ3v) is 7.73. The minimum Gasteiger partial charge on any atom is -0.396 e. The zero-order valence-electron chi connectivity index (χ0n) is 22.1. The number of aromatic amines is 1. The van der Waals surface area contributed by atoms with Crippen molar-refractivity contribution in [3.05, 3.63) is 54.2 Å². The van der Waals surface area contributed by atoms with Crippen LogP contribution in [-0.4, -0.2) is 42.4 Å². The molecule has 2 fully saturated rings. The highest BCUT2D eigenvalue weighted by Gasteiger charge is 2.36. The minimum absolute atomic E-state index is 0.0442. The number of nitrogen functional groups attached to an aromatic ring is 1. The molecule has 3 aromatic heterocycles. The van der Waals surface area contributed by atoms with Gasteiger partial charge in [-0.2, -0.15) is 10.2 Å². The van der Waals surface area contributed by atoms with Gasteiger partial charge in [-0.05, 0) is 43.9 Å². The van der Waals surface area contributed by atoms with Crippen molar-refractivity contribution in [2.45, 2.75) is 75.3 Å². The molecule has 2 aliphatic rings. The lowest BCUT2D eigenvalue weighted by Crippen LogP contribution is -2.26. The molecule has 2 aliphatic carbocycles. The number of alkyl halides is 4. The number of halogens is 5. The number of amides is 2. The van der Waals surface area contributed by atoms with Crippen LogP contribution in [0.3, 0.4) is 0 Å². The molecule has 3 heterocycles. The predicted octanol–water partition coefficient (Wildman–Crippen LogP) is 7.63. The highest BCUT2D eigenvalue weighted by Crippen LogP contribution is 2.39. The van der Waals surface area contributed by atoms with E-state index in [1.807, 2.05) is 6.07 Å². The molecule has 2 saturated carbocycles. The molecule has 5 N–H and O–H groups in total. The highest BCUT2D eigenvalue weighted by molar-refractivity contribution is 6.31. The van der Waals surface area contributed by atoms with E-state index in [0.29, 0.717) is 47.8 Å². The Labute approximate surface area is 238 Å². The van der Waals surface area contributed by atoms with Crippen LogP contribution in [0.5, 0.6) is 0 Å². The van der Waals surface area contributed by atoms with Crippen molar-refractivity contribution < 1.29 is 22.4 Å². The molecule has 9 nitrogen and oxygen atoms in total. The van der Waals surface area contributed by atoms with Gasteiger partial charge >= 0.3 is 6.03 Å². The lowest BCUT2D eigenvalue weighted by atomic mass is 9.92. The lowest BCUT2D eigenvalue weighted by molar-refractivity contribution is -0.0455. The molecule has 0 unspecified atom stereocenters. The van der Waals surface area contributed by atoms with Crippen LogP contribution in [0, 0.1) is 0 Å². The van der Waals surface area contributed by atoms with E-state index in [-0.39, 0.29) is 37.8 Å². The first-order valence-electron chi connectivity index (χ1n) is 13.4. The van der Waals surface area contributed by atoms with Crippen LogP contribution in [0.4, 0.5) is 39.4 Å². The van der Waals surface area contributed by atoms with Crippen LogP contribution < -0.4 is 16.4 Å². The third kappa shape index (κ3) is 7.32. The van der Waals surface area contributed by atoms with Crippen LogP contribution >= 0.6 is 11.6 Å². The maximum atomic E-state index is 13.3. The summed E-state index contributed by atoms with van der Waals surface area (Å²) in [5, 5.41) is 15.1. The number of rotatable bonds is 4. The topological polar surface area (TPSA) is 119 Å². The second-order valence-corrected chi connectivity index (χ2v) is 11.0. The number of carbonyl (C=O) groups excluding carboxylic acids is 1. The van der Waals surface area contributed by atoms with E-state index in [9.17, 15) is 22.4 Å². The molecule has 0 saturated heterocycles. The van der Waals surface area contributed by atoms with E-state index in [0.717, 1.165) is 10.9 Å². The molecule has 0 bridgehead atoms. The maximum Gasteiger partial charge on any atom is 0.323 e. The molecule has 0 aliphatic heterocycles. The maximum absolute atomic E-state index is 13.3. The number of hydrogen-bond acceptors (Lipinski definition) is 4. The van der Waals surface area contributed by atoms with Gasteiger partial charge in [0.15, 0.2) is 0 Å². The summed E-state index contributed by atoms with van der Waals surface area (Å²) in [6, 6.07) is 4.95. The molecule has 0 atom stereocenters. The normalized spacial score (nSPS) is 19.0. The Balaban J connectivity index is 0.000000202. The minimum atomic E-state index is -2.58. The molecular formula is C27H31ClF4N8O. The number of benzene rings is 1. The number of nitrogens with one attached hydrogen (secondary N) is 3. The third-order valence-electron chi connectivity index (χ3n) is 7.49. The summed E-state index contributed by atoms with van der Waals surface area (Å²) >= 11 is 6.01. The summed E-state index contributed by atoms with van der Waals surface area (Å²) in [5.74, 6) is -5.05. The molecule has 1 aromatic carbocycles. The Hall–Kier alpha value is -3.74. The molecule has 2 amide bonds. The van der Waals surface area contributed by atoms with E-state index in [4.69, 9.17) is 17.3 Å². The van der Waals surface area contributed by atoms with Gasteiger partial charge < -0.3 is 21.4 Å². The fourth-order valence-corrected chi connectivity index (χ4v) is 5.39. The fourth-order valence-electron chi connectivity index (χ4n) is 5.21. The van der Waals surface area contributed by atoms with E-state index in [1.54, 1.807) is 46.3 Å². The Morgan fingerprint density at radius 1 is 0.927 bits per heavy atom. The van der Waals surface area contributed by atoms with Crippen molar-refractivity contribution >= 4 is 45.6 Å². The van der Waals surface area contributed by atoms with Crippen LogP contribution in [0.25, 0.3) is 10.9 Å². The molecule has 6 rings (SSSR count). The molecule has 220 valence electrons. The first-order valence-corrected chi connectivity index (χ1v) is 13.8. The van der Waals surface area contributed by atoms with E-state index < -0.39 is 17.9 Å². The summed E-state index contributed by atoms with van der Waals surface area (Å²) in [7, 11) is 0. The average molecular weight is 595 g/mol. The number of urea groups is 1. The van der Waals surface area contributed by atoms with Crippen LogP contribution in [0.2, 0.25) is 5.02 Å². The quantitative estimate of drug-likeness (QED) is 0.182. The smallest absolute Gasteiger partial charge is 0.323 e. The molecule has 14 heteroatoms. The Morgan fingerprint density at radius 3 is 2.10 bits per heavy atom. The van der Waals surface area contributed by atoms with Gasteiger partial charge in [0.05, 0.1) is 41.5 Å². The zero-order valence-corrected chi connectivity index (χ0v) is 22.9. The largest absolute Gasteiger partial charge is 0.396 e. The molecular weight excluding hydrogens is 564 g/mol. The summed E-state index contributed by atoms with van der Waals surface area (Å²) in [5.41, 5.74) is 8.06. The predicted molar refractivity (Wildman–Crippen MR) is 150 cm³/mol. The van der Waals surface area contributed by atoms with Crippen molar-refractivity contribution in [1.82, 2.24) is 24.5 Å². The summed E-state index contributed by atoms with van der Waals surface area (Å²) in [6.45, 7) is 0. The van der Waals surface area contributed by atoms with Gasteiger partial charge in [0, 0.05) is 60.2 Å². The van der Waals surface area contributed by atoms with Crippen molar-refractivity contribution in [1.29, 1.82) is 0 Å². The van der Waals surface area contributed by atoms with Gasteiger partial charge in [-0.1, -0.05) is 11.6 Å². The second-order valence-electron chi connectivity index (χ2n) is 10.6. The van der Waals surface area contributed by atoms with Gasteiger partial charge in [0.2, 0.25) is 11.8 Å². The van der Waals surface area contributed by atoms with Gasteiger partial charge in [0.25, 0.3) is 0 Å². The molecule has 4 aromatic rings. The van der Waals surface area contributed by atoms with E-state index >= 15 is 0 Å². The van der Waals surface area contributed by atoms with Gasteiger partial charge in [-0.15, -0.1) is 0 Å². The Bertz CT molecular complexity index is 1480. The Kier molecular flexibility index (Phi) is 8.16. The molecule has 0 spiro atoms. The van der Waals surface area contributed by atoms with Crippen molar-refractivity contribution in [2.75, 3.05) is 16.4 Å². The number of anilines is 3. The number of fused-ring (bicyclic) bond motifs is 1. The number of H-pyrrole nitrogens is 1. The lowest BCUT2D eigenvalue weighted by Gasteiger charge is -2.28. The molecule has 0 radical (unpaired) electrons. The fraction of sp³-hybridized carbons (Fsp3) is 0.444. The summed E-state index contributed by atoms with van der Waals surface area (Å²) in [4.78, 5) is 15.3. The molecule has 41 heavy (non-hydrogen) atoms. The van der Waals surface area contributed by atoms with Gasteiger partial charge in [-0.3, -0.25) is 9.36 Å². The van der Waals surface area contributed by atoms with Crippen molar-refractivity contribution in [3.63, 3.8) is 0 Å². The zero-order chi connectivity index (χ0) is 29.2. The van der Waals surface area contributed by atoms with Gasteiger partial charge in [0.1, 0.15) is 0 Å². The summed E-state index contributed by atoms with van der Waals surface area (Å²) < 4.78 is 55.6. The number of hydrogen-bond donors (Lipinski definition) is 4. The SMILES string of the molecule is Nc1cnn(C2CCC(F)(F)CC2)c1.O=C(Nc1cnn(C2CCC(F)(F)CC2)c1)Nc1c[nH]c2ccc(Cl)cc12. The number of aromatic nitrogens is 5. The van der Waals surface area contributed by atoms with E-state index in [2.05, 4.69) is 25.8 Å². The van der Waals surface area contributed by atoms with E-state index in [1.165, 1.54) is 6.20 Å². The summed E-state index contributed by atoms with van der Waals surface area (Å²) in [6.07, 6.45) is 9.46.